The molecule has 1 aromatic rings. The third kappa shape index (κ3) is 2.10. The molecule has 1 atom stereocenters. The van der Waals surface area contributed by atoms with E-state index in [-0.39, 0.29) is 0 Å². The highest BCUT2D eigenvalue weighted by molar-refractivity contribution is 9.10. The standard InChI is InChI=1S/C12H14BrNS/c13-10-3-1-2-9-11(14-8-4-5-8)6-7-15-12(9)10/h1-3,8,11,14H,4-7H2. The third-order valence-electron chi connectivity index (χ3n) is 3.04. The molecule has 15 heavy (non-hydrogen) atoms. The second-order valence-corrected chi connectivity index (χ2v) is 6.25. The molecule has 0 bridgehead atoms. The Morgan fingerprint density at radius 1 is 1.27 bits per heavy atom. The van der Waals surface area contributed by atoms with Crippen molar-refractivity contribution in [3.05, 3.63) is 28.2 Å². The Balaban J connectivity index is 1.91. The molecule has 1 aliphatic heterocycles. The highest BCUT2D eigenvalue weighted by atomic mass is 79.9. The molecule has 1 unspecified atom stereocenters. The van der Waals surface area contributed by atoms with E-state index >= 15 is 0 Å². The van der Waals surface area contributed by atoms with Crippen molar-refractivity contribution in [1.29, 1.82) is 0 Å². The summed E-state index contributed by atoms with van der Waals surface area (Å²) in [6.45, 7) is 0. The van der Waals surface area contributed by atoms with Gasteiger partial charge in [0, 0.05) is 21.5 Å². The first-order valence-electron chi connectivity index (χ1n) is 5.52. The van der Waals surface area contributed by atoms with Crippen molar-refractivity contribution in [1.82, 2.24) is 5.32 Å². The van der Waals surface area contributed by atoms with E-state index in [1.807, 2.05) is 11.8 Å². The Hall–Kier alpha value is 0.01000. The summed E-state index contributed by atoms with van der Waals surface area (Å²) in [5, 5.41) is 3.74. The minimum absolute atomic E-state index is 0.589. The molecule has 1 N–H and O–H groups in total. The summed E-state index contributed by atoms with van der Waals surface area (Å²) < 4.78 is 1.26. The minimum Gasteiger partial charge on any atom is -0.307 e. The summed E-state index contributed by atoms with van der Waals surface area (Å²) in [5.74, 6) is 1.24. The Labute approximate surface area is 103 Å². The van der Waals surface area contributed by atoms with Gasteiger partial charge in [-0.25, -0.2) is 0 Å². The van der Waals surface area contributed by atoms with E-state index in [0.29, 0.717) is 6.04 Å². The number of fused-ring (bicyclic) bond motifs is 1. The third-order valence-corrected chi connectivity index (χ3v) is 5.15. The molecule has 0 spiro atoms. The number of hydrogen-bond acceptors (Lipinski definition) is 2. The first-order valence-corrected chi connectivity index (χ1v) is 7.30. The first kappa shape index (κ1) is 10.2. The Morgan fingerprint density at radius 2 is 2.13 bits per heavy atom. The van der Waals surface area contributed by atoms with Crippen molar-refractivity contribution in [2.24, 2.45) is 0 Å². The molecule has 0 radical (unpaired) electrons. The average Bonchev–Trinajstić information content (AvgIpc) is 3.04. The zero-order chi connectivity index (χ0) is 10.3. The van der Waals surface area contributed by atoms with Crippen LogP contribution in [0, 0.1) is 0 Å². The number of hydrogen-bond donors (Lipinski definition) is 1. The average molecular weight is 284 g/mol. The molecule has 1 fully saturated rings. The van der Waals surface area contributed by atoms with Crippen LogP contribution in [0.3, 0.4) is 0 Å². The van der Waals surface area contributed by atoms with E-state index in [9.17, 15) is 0 Å². The van der Waals surface area contributed by atoms with E-state index in [0.717, 1.165) is 6.04 Å². The quantitative estimate of drug-likeness (QED) is 0.888. The number of thioether (sulfide) groups is 1. The maximum atomic E-state index is 3.74. The van der Waals surface area contributed by atoms with Crippen LogP contribution in [0.2, 0.25) is 0 Å². The molecule has 3 rings (SSSR count). The summed E-state index contributed by atoms with van der Waals surface area (Å²) in [7, 11) is 0. The molecule has 1 nitrogen and oxygen atoms in total. The topological polar surface area (TPSA) is 12.0 Å². The van der Waals surface area contributed by atoms with Gasteiger partial charge in [0.1, 0.15) is 0 Å². The van der Waals surface area contributed by atoms with E-state index in [2.05, 4.69) is 39.4 Å². The van der Waals surface area contributed by atoms with Gasteiger partial charge in [-0.05, 0) is 52.6 Å². The van der Waals surface area contributed by atoms with Crippen LogP contribution in [0.1, 0.15) is 30.9 Å². The molecule has 1 aliphatic carbocycles. The van der Waals surface area contributed by atoms with Gasteiger partial charge >= 0.3 is 0 Å². The van der Waals surface area contributed by atoms with Crippen molar-refractivity contribution in [2.45, 2.75) is 36.2 Å². The number of rotatable bonds is 2. The number of benzene rings is 1. The molecule has 80 valence electrons. The van der Waals surface area contributed by atoms with Crippen molar-refractivity contribution in [2.75, 3.05) is 5.75 Å². The Morgan fingerprint density at radius 3 is 2.93 bits per heavy atom. The summed E-state index contributed by atoms with van der Waals surface area (Å²) >= 11 is 5.62. The normalized spacial score (nSPS) is 25.0. The maximum absolute atomic E-state index is 3.74. The second kappa shape index (κ2) is 4.11. The van der Waals surface area contributed by atoms with Gasteiger partial charge in [-0.3, -0.25) is 0 Å². The Bertz CT molecular complexity index is 376. The maximum Gasteiger partial charge on any atom is 0.0342 e. The fraction of sp³-hybridized carbons (Fsp3) is 0.500. The molecule has 0 saturated heterocycles. The van der Waals surface area contributed by atoms with Crippen LogP contribution in [0.25, 0.3) is 0 Å². The molecule has 2 aliphatic rings. The molecule has 0 aromatic heterocycles. The first-order chi connectivity index (χ1) is 7.34. The van der Waals surface area contributed by atoms with Crippen LogP contribution in [-0.2, 0) is 0 Å². The van der Waals surface area contributed by atoms with Gasteiger partial charge in [0.05, 0.1) is 0 Å². The van der Waals surface area contributed by atoms with Crippen LogP contribution in [-0.4, -0.2) is 11.8 Å². The molecule has 0 amide bonds. The molecule has 1 heterocycles. The lowest BCUT2D eigenvalue weighted by Crippen LogP contribution is -2.26. The summed E-state index contributed by atoms with van der Waals surface area (Å²) in [6, 6.07) is 7.95. The van der Waals surface area contributed by atoms with Gasteiger partial charge < -0.3 is 5.32 Å². The number of nitrogens with one attached hydrogen (secondary N) is 1. The summed E-state index contributed by atoms with van der Waals surface area (Å²) in [6.07, 6.45) is 4.00. The fourth-order valence-corrected chi connectivity index (χ4v) is 3.96. The largest absolute Gasteiger partial charge is 0.307 e. The molecule has 1 saturated carbocycles. The van der Waals surface area contributed by atoms with Gasteiger partial charge in [-0.2, -0.15) is 0 Å². The molecule has 3 heteroatoms. The lowest BCUT2D eigenvalue weighted by atomic mass is 10.0. The lowest BCUT2D eigenvalue weighted by molar-refractivity contribution is 0.507. The zero-order valence-corrected chi connectivity index (χ0v) is 10.9. The Kier molecular flexibility index (Phi) is 2.79. The number of halogens is 1. The van der Waals surface area contributed by atoms with Crippen LogP contribution in [0.15, 0.2) is 27.6 Å². The zero-order valence-electron chi connectivity index (χ0n) is 8.50. The molecular weight excluding hydrogens is 270 g/mol. The summed E-state index contributed by atoms with van der Waals surface area (Å²) in [5.41, 5.74) is 1.49. The smallest absolute Gasteiger partial charge is 0.0342 e. The van der Waals surface area contributed by atoms with Gasteiger partial charge in [-0.1, -0.05) is 12.1 Å². The predicted octanol–water partition coefficient (Wildman–Crippen LogP) is 3.74. The van der Waals surface area contributed by atoms with Crippen LogP contribution >= 0.6 is 27.7 Å². The van der Waals surface area contributed by atoms with E-state index in [4.69, 9.17) is 0 Å². The van der Waals surface area contributed by atoms with Crippen LogP contribution in [0.5, 0.6) is 0 Å². The van der Waals surface area contributed by atoms with Gasteiger partial charge in [0.25, 0.3) is 0 Å². The van der Waals surface area contributed by atoms with Gasteiger partial charge in [0.2, 0.25) is 0 Å². The fourth-order valence-electron chi connectivity index (χ4n) is 2.09. The van der Waals surface area contributed by atoms with E-state index in [1.54, 1.807) is 0 Å². The monoisotopic (exact) mass is 283 g/mol. The van der Waals surface area contributed by atoms with Crippen LogP contribution < -0.4 is 5.32 Å². The minimum atomic E-state index is 0.589. The molecular formula is C12H14BrNS. The van der Waals surface area contributed by atoms with Crippen molar-refractivity contribution in [3.63, 3.8) is 0 Å². The van der Waals surface area contributed by atoms with Crippen LogP contribution in [0.4, 0.5) is 0 Å². The predicted molar refractivity (Wildman–Crippen MR) is 68.4 cm³/mol. The van der Waals surface area contributed by atoms with Gasteiger partial charge in [-0.15, -0.1) is 11.8 Å². The highest BCUT2D eigenvalue weighted by Crippen LogP contribution is 2.41. The summed E-state index contributed by atoms with van der Waals surface area (Å²) in [4.78, 5) is 1.45. The lowest BCUT2D eigenvalue weighted by Gasteiger charge is -2.26. The SMILES string of the molecule is Brc1cccc2c1SCCC2NC1CC1. The van der Waals surface area contributed by atoms with Crippen molar-refractivity contribution >= 4 is 27.7 Å². The molecule has 1 aromatic carbocycles. The highest BCUT2D eigenvalue weighted by Gasteiger charge is 2.28. The van der Waals surface area contributed by atoms with E-state index < -0.39 is 0 Å². The van der Waals surface area contributed by atoms with E-state index in [1.165, 1.54) is 39.9 Å². The van der Waals surface area contributed by atoms with Crippen molar-refractivity contribution in [3.8, 4) is 0 Å². The second-order valence-electron chi connectivity index (χ2n) is 4.29. The van der Waals surface area contributed by atoms with Crippen molar-refractivity contribution < 1.29 is 0 Å². The van der Waals surface area contributed by atoms with Gasteiger partial charge in [0.15, 0.2) is 0 Å².